The van der Waals surface area contributed by atoms with Crippen molar-refractivity contribution < 1.29 is 18.7 Å². The fourth-order valence-corrected chi connectivity index (χ4v) is 1.52. The van der Waals surface area contributed by atoms with Crippen molar-refractivity contribution in [3.05, 3.63) is 29.6 Å². The topological polar surface area (TPSA) is 38.8 Å². The number of ether oxygens (including phenoxy) is 2. The first-order chi connectivity index (χ1) is 8.58. The minimum absolute atomic E-state index is 0.252. The third-order valence-corrected chi connectivity index (χ3v) is 2.52. The second kappa shape index (κ2) is 6.83. The summed E-state index contributed by atoms with van der Waals surface area (Å²) in [5, 5.41) is 0. The Hall–Kier alpha value is -1.78. The van der Waals surface area contributed by atoms with E-state index >= 15 is 0 Å². The molecule has 1 aromatic rings. The number of nitrogens with zero attached hydrogens (tertiary/aromatic N) is 1. The molecule has 100 valence electrons. The van der Waals surface area contributed by atoms with Crippen molar-refractivity contribution in [3.63, 3.8) is 0 Å². The standard InChI is InChI=1S/C13H18FNO3/c1-4-18-12-6-5-10(9-11(12)14)7-8-15(2)13(16)17-3/h5-6,9H,4,7-8H2,1-3H3. The predicted octanol–water partition coefficient (Wildman–Crippen LogP) is 2.47. The van der Waals surface area contributed by atoms with Crippen LogP contribution >= 0.6 is 0 Å². The molecule has 0 fully saturated rings. The lowest BCUT2D eigenvalue weighted by molar-refractivity contribution is 0.134. The number of benzene rings is 1. The van der Waals surface area contributed by atoms with Gasteiger partial charge in [-0.2, -0.15) is 0 Å². The van der Waals surface area contributed by atoms with Crippen LogP contribution in [0.5, 0.6) is 5.75 Å². The van der Waals surface area contributed by atoms with Gasteiger partial charge in [-0.3, -0.25) is 0 Å². The van der Waals surface area contributed by atoms with Gasteiger partial charge in [0.05, 0.1) is 13.7 Å². The molecule has 1 amide bonds. The highest BCUT2D eigenvalue weighted by Gasteiger charge is 2.09. The fourth-order valence-electron chi connectivity index (χ4n) is 1.52. The molecule has 0 radical (unpaired) electrons. The molecule has 0 aliphatic heterocycles. The summed E-state index contributed by atoms with van der Waals surface area (Å²) in [4.78, 5) is 12.6. The van der Waals surface area contributed by atoms with Crippen LogP contribution in [-0.2, 0) is 11.2 Å². The van der Waals surface area contributed by atoms with Gasteiger partial charge >= 0.3 is 6.09 Å². The van der Waals surface area contributed by atoms with Gasteiger partial charge in [-0.15, -0.1) is 0 Å². The Morgan fingerprint density at radius 1 is 1.44 bits per heavy atom. The molecule has 1 aromatic carbocycles. The summed E-state index contributed by atoms with van der Waals surface area (Å²) in [6.07, 6.45) is 0.163. The molecule has 1 rings (SSSR count). The van der Waals surface area contributed by atoms with Crippen LogP contribution in [0.15, 0.2) is 18.2 Å². The molecular formula is C13H18FNO3. The van der Waals surface area contributed by atoms with E-state index in [0.717, 1.165) is 5.56 Å². The van der Waals surface area contributed by atoms with Crippen molar-refractivity contribution in [3.8, 4) is 5.75 Å². The van der Waals surface area contributed by atoms with Crippen molar-refractivity contribution in [1.29, 1.82) is 0 Å². The van der Waals surface area contributed by atoms with E-state index < -0.39 is 6.09 Å². The zero-order valence-electron chi connectivity index (χ0n) is 10.9. The van der Waals surface area contributed by atoms with Crippen molar-refractivity contribution in [1.82, 2.24) is 4.90 Å². The average Bonchev–Trinajstić information content (AvgIpc) is 2.38. The third kappa shape index (κ3) is 3.91. The highest BCUT2D eigenvalue weighted by atomic mass is 19.1. The molecule has 0 saturated heterocycles. The van der Waals surface area contributed by atoms with Crippen LogP contribution in [0.25, 0.3) is 0 Å². The quantitative estimate of drug-likeness (QED) is 0.811. The second-order valence-corrected chi connectivity index (χ2v) is 3.84. The summed E-state index contributed by atoms with van der Waals surface area (Å²) in [6.45, 7) is 2.71. The molecule has 0 bridgehead atoms. The summed E-state index contributed by atoms with van der Waals surface area (Å²) in [7, 11) is 2.96. The van der Waals surface area contributed by atoms with Gasteiger partial charge in [0.2, 0.25) is 0 Å². The van der Waals surface area contributed by atoms with Crippen LogP contribution in [0.2, 0.25) is 0 Å². The van der Waals surface area contributed by atoms with Gasteiger partial charge in [-0.1, -0.05) is 6.07 Å². The smallest absolute Gasteiger partial charge is 0.409 e. The normalized spacial score (nSPS) is 10.0. The number of hydrogen-bond acceptors (Lipinski definition) is 3. The van der Waals surface area contributed by atoms with Gasteiger partial charge in [-0.05, 0) is 31.0 Å². The van der Waals surface area contributed by atoms with E-state index in [4.69, 9.17) is 4.74 Å². The average molecular weight is 255 g/mol. The lowest BCUT2D eigenvalue weighted by atomic mass is 10.1. The highest BCUT2D eigenvalue weighted by Crippen LogP contribution is 2.18. The van der Waals surface area contributed by atoms with E-state index in [1.54, 1.807) is 26.1 Å². The summed E-state index contributed by atoms with van der Waals surface area (Å²) >= 11 is 0. The minimum atomic E-state index is -0.401. The van der Waals surface area contributed by atoms with Crippen LogP contribution in [-0.4, -0.2) is 38.3 Å². The maximum atomic E-state index is 13.6. The Kier molecular flexibility index (Phi) is 5.42. The number of carbonyl (C=O) groups excluding carboxylic acids is 1. The van der Waals surface area contributed by atoms with Crippen molar-refractivity contribution in [2.75, 3.05) is 27.3 Å². The van der Waals surface area contributed by atoms with Gasteiger partial charge in [0.1, 0.15) is 0 Å². The van der Waals surface area contributed by atoms with Crippen LogP contribution in [0, 0.1) is 5.82 Å². The molecule has 18 heavy (non-hydrogen) atoms. The van der Waals surface area contributed by atoms with E-state index in [1.165, 1.54) is 18.1 Å². The monoisotopic (exact) mass is 255 g/mol. The Bertz CT molecular complexity index is 409. The molecular weight excluding hydrogens is 237 g/mol. The molecule has 0 saturated carbocycles. The Balaban J connectivity index is 2.58. The van der Waals surface area contributed by atoms with Gasteiger partial charge in [-0.25, -0.2) is 9.18 Å². The molecule has 0 spiro atoms. The van der Waals surface area contributed by atoms with Crippen LogP contribution in [0.3, 0.4) is 0 Å². The second-order valence-electron chi connectivity index (χ2n) is 3.84. The van der Waals surface area contributed by atoms with E-state index in [1.807, 2.05) is 0 Å². The molecule has 4 nitrogen and oxygen atoms in total. The molecule has 0 atom stereocenters. The van der Waals surface area contributed by atoms with Crippen LogP contribution < -0.4 is 4.74 Å². The van der Waals surface area contributed by atoms with Crippen molar-refractivity contribution in [2.24, 2.45) is 0 Å². The number of amides is 1. The van der Waals surface area contributed by atoms with Crippen molar-refractivity contribution in [2.45, 2.75) is 13.3 Å². The van der Waals surface area contributed by atoms with Gasteiger partial charge in [0.25, 0.3) is 0 Å². The maximum absolute atomic E-state index is 13.6. The van der Waals surface area contributed by atoms with E-state index in [-0.39, 0.29) is 11.6 Å². The lowest BCUT2D eigenvalue weighted by Crippen LogP contribution is -2.28. The third-order valence-electron chi connectivity index (χ3n) is 2.52. The molecule has 0 heterocycles. The Morgan fingerprint density at radius 3 is 2.72 bits per heavy atom. The predicted molar refractivity (Wildman–Crippen MR) is 66.3 cm³/mol. The SMILES string of the molecule is CCOc1ccc(CCN(C)C(=O)OC)cc1F. The van der Waals surface area contributed by atoms with E-state index in [9.17, 15) is 9.18 Å². The zero-order chi connectivity index (χ0) is 13.5. The number of carbonyl (C=O) groups is 1. The molecule has 0 unspecified atom stereocenters. The molecule has 5 heteroatoms. The summed E-state index contributed by atoms with van der Waals surface area (Å²) in [5.41, 5.74) is 0.812. The fraction of sp³-hybridized carbons (Fsp3) is 0.462. The number of halogens is 1. The summed E-state index contributed by atoms with van der Waals surface area (Å²) in [5.74, 6) is -0.127. The van der Waals surface area contributed by atoms with Crippen molar-refractivity contribution >= 4 is 6.09 Å². The first-order valence-electron chi connectivity index (χ1n) is 5.78. The Labute approximate surface area is 106 Å². The first-order valence-corrected chi connectivity index (χ1v) is 5.78. The largest absolute Gasteiger partial charge is 0.491 e. The molecule has 0 aromatic heterocycles. The van der Waals surface area contributed by atoms with Gasteiger partial charge in [0, 0.05) is 13.6 Å². The maximum Gasteiger partial charge on any atom is 0.409 e. The molecule has 0 aliphatic carbocycles. The first kappa shape index (κ1) is 14.3. The van der Waals surface area contributed by atoms with E-state index in [2.05, 4.69) is 4.74 Å². The summed E-state index contributed by atoms with van der Waals surface area (Å²) < 4.78 is 23.2. The molecule has 0 N–H and O–H groups in total. The van der Waals surface area contributed by atoms with Gasteiger partial charge in [0.15, 0.2) is 11.6 Å². The van der Waals surface area contributed by atoms with E-state index in [0.29, 0.717) is 19.6 Å². The number of likely N-dealkylation sites (N-methyl/N-ethyl adjacent to an activating group) is 1. The zero-order valence-corrected chi connectivity index (χ0v) is 10.9. The Morgan fingerprint density at radius 2 is 2.17 bits per heavy atom. The van der Waals surface area contributed by atoms with Gasteiger partial charge < -0.3 is 14.4 Å². The summed E-state index contributed by atoms with van der Waals surface area (Å²) in [6, 6.07) is 4.82. The number of hydrogen-bond donors (Lipinski definition) is 0. The van der Waals surface area contributed by atoms with Crippen LogP contribution in [0.4, 0.5) is 9.18 Å². The minimum Gasteiger partial charge on any atom is -0.491 e. The van der Waals surface area contributed by atoms with Crippen LogP contribution in [0.1, 0.15) is 12.5 Å². The lowest BCUT2D eigenvalue weighted by Gasteiger charge is -2.15. The molecule has 0 aliphatic rings. The number of methoxy groups -OCH3 is 1. The number of rotatable bonds is 5. The highest BCUT2D eigenvalue weighted by molar-refractivity contribution is 5.66.